The SMILES string of the molecule is CCc1ccccc1N1CC(C(=O)N2CCCC(CN3CCC(C)CC3)C2)CC1=O. The number of hydrogen-bond donors (Lipinski definition) is 0. The van der Waals surface area contributed by atoms with E-state index in [0.29, 0.717) is 18.9 Å². The molecule has 0 bridgehead atoms. The first-order valence-electron chi connectivity index (χ1n) is 11.9. The summed E-state index contributed by atoms with van der Waals surface area (Å²) in [6.07, 6.45) is 6.14. The molecule has 2 amide bonds. The van der Waals surface area contributed by atoms with E-state index in [1.165, 1.54) is 37.9 Å². The van der Waals surface area contributed by atoms with Gasteiger partial charge in [-0.25, -0.2) is 0 Å². The Balaban J connectivity index is 1.35. The van der Waals surface area contributed by atoms with Crippen LogP contribution in [0, 0.1) is 17.8 Å². The van der Waals surface area contributed by atoms with Gasteiger partial charge in [0.25, 0.3) is 0 Å². The Labute approximate surface area is 181 Å². The smallest absolute Gasteiger partial charge is 0.228 e. The second-order valence-electron chi connectivity index (χ2n) is 9.66. The van der Waals surface area contributed by atoms with Crippen LogP contribution in [0.4, 0.5) is 5.69 Å². The van der Waals surface area contributed by atoms with E-state index in [1.54, 1.807) is 0 Å². The van der Waals surface area contributed by atoms with Crippen molar-refractivity contribution in [3.05, 3.63) is 29.8 Å². The number of aryl methyl sites for hydroxylation is 1. The Morgan fingerprint density at radius 1 is 1.07 bits per heavy atom. The maximum absolute atomic E-state index is 13.3. The molecule has 30 heavy (non-hydrogen) atoms. The zero-order valence-corrected chi connectivity index (χ0v) is 18.7. The van der Waals surface area contributed by atoms with Gasteiger partial charge in [-0.15, -0.1) is 0 Å². The predicted octanol–water partition coefficient (Wildman–Crippen LogP) is 3.57. The van der Waals surface area contributed by atoms with Crippen molar-refractivity contribution in [3.8, 4) is 0 Å². The molecule has 0 N–H and O–H groups in total. The number of nitrogens with zero attached hydrogens (tertiary/aromatic N) is 3. The lowest BCUT2D eigenvalue weighted by atomic mass is 9.93. The van der Waals surface area contributed by atoms with Crippen molar-refractivity contribution >= 4 is 17.5 Å². The Kier molecular flexibility index (Phi) is 6.77. The van der Waals surface area contributed by atoms with Gasteiger partial charge in [-0.05, 0) is 68.7 Å². The van der Waals surface area contributed by atoms with E-state index >= 15 is 0 Å². The Hall–Kier alpha value is -1.88. The van der Waals surface area contributed by atoms with Crippen LogP contribution in [0.2, 0.25) is 0 Å². The summed E-state index contributed by atoms with van der Waals surface area (Å²) >= 11 is 0. The molecule has 3 aliphatic rings. The number of carbonyl (C=O) groups excluding carboxylic acids is 2. The van der Waals surface area contributed by atoms with Gasteiger partial charge in [-0.1, -0.05) is 32.0 Å². The van der Waals surface area contributed by atoms with Gasteiger partial charge in [0, 0.05) is 38.3 Å². The van der Waals surface area contributed by atoms with Crippen LogP contribution in [0.25, 0.3) is 0 Å². The maximum Gasteiger partial charge on any atom is 0.228 e. The third kappa shape index (κ3) is 4.72. The number of anilines is 1. The van der Waals surface area contributed by atoms with E-state index in [1.807, 2.05) is 23.1 Å². The first kappa shape index (κ1) is 21.4. The summed E-state index contributed by atoms with van der Waals surface area (Å²) in [4.78, 5) is 32.5. The van der Waals surface area contributed by atoms with E-state index in [4.69, 9.17) is 0 Å². The van der Waals surface area contributed by atoms with Crippen molar-refractivity contribution in [1.82, 2.24) is 9.80 Å². The van der Waals surface area contributed by atoms with Gasteiger partial charge in [0.1, 0.15) is 0 Å². The molecule has 3 saturated heterocycles. The van der Waals surface area contributed by atoms with E-state index in [9.17, 15) is 9.59 Å². The minimum absolute atomic E-state index is 0.0882. The highest BCUT2D eigenvalue weighted by atomic mass is 16.2. The minimum Gasteiger partial charge on any atom is -0.342 e. The van der Waals surface area contributed by atoms with Gasteiger partial charge < -0.3 is 14.7 Å². The summed E-state index contributed by atoms with van der Waals surface area (Å²) in [5.74, 6) is 1.51. The van der Waals surface area contributed by atoms with E-state index in [2.05, 4.69) is 29.7 Å². The lowest BCUT2D eigenvalue weighted by Crippen LogP contribution is -2.47. The summed E-state index contributed by atoms with van der Waals surface area (Å²) in [7, 11) is 0. The summed E-state index contributed by atoms with van der Waals surface area (Å²) in [5, 5.41) is 0. The second kappa shape index (κ2) is 9.51. The summed E-state index contributed by atoms with van der Waals surface area (Å²) < 4.78 is 0. The van der Waals surface area contributed by atoms with Crippen molar-refractivity contribution in [3.63, 3.8) is 0 Å². The number of benzene rings is 1. The third-order valence-electron chi connectivity index (χ3n) is 7.36. The van der Waals surface area contributed by atoms with Crippen molar-refractivity contribution in [2.75, 3.05) is 44.2 Å². The fourth-order valence-corrected chi connectivity index (χ4v) is 5.46. The zero-order chi connectivity index (χ0) is 21.1. The van der Waals surface area contributed by atoms with Crippen LogP contribution in [-0.4, -0.2) is 60.9 Å². The van der Waals surface area contributed by atoms with E-state index in [0.717, 1.165) is 44.1 Å². The van der Waals surface area contributed by atoms with Crippen LogP contribution >= 0.6 is 0 Å². The molecule has 1 aromatic rings. The number of para-hydroxylation sites is 1. The van der Waals surface area contributed by atoms with Crippen molar-refractivity contribution in [2.24, 2.45) is 17.8 Å². The molecular formula is C25H37N3O2. The molecule has 5 heteroatoms. The van der Waals surface area contributed by atoms with Crippen molar-refractivity contribution < 1.29 is 9.59 Å². The predicted molar refractivity (Wildman–Crippen MR) is 120 cm³/mol. The fourth-order valence-electron chi connectivity index (χ4n) is 5.46. The van der Waals surface area contributed by atoms with Gasteiger partial charge in [-0.2, -0.15) is 0 Å². The molecule has 164 valence electrons. The van der Waals surface area contributed by atoms with Gasteiger partial charge in [0.15, 0.2) is 0 Å². The molecule has 2 atom stereocenters. The molecule has 4 rings (SSSR count). The molecule has 0 aliphatic carbocycles. The number of rotatable bonds is 5. The molecule has 5 nitrogen and oxygen atoms in total. The largest absolute Gasteiger partial charge is 0.342 e. The Morgan fingerprint density at radius 2 is 1.83 bits per heavy atom. The normalized spacial score (nSPS) is 26.4. The molecule has 2 unspecified atom stereocenters. The summed E-state index contributed by atoms with van der Waals surface area (Å²) in [6.45, 7) is 10.2. The van der Waals surface area contributed by atoms with Gasteiger partial charge in [0.2, 0.25) is 11.8 Å². The van der Waals surface area contributed by atoms with E-state index in [-0.39, 0.29) is 17.7 Å². The Morgan fingerprint density at radius 3 is 2.60 bits per heavy atom. The zero-order valence-electron chi connectivity index (χ0n) is 18.7. The molecular weight excluding hydrogens is 374 g/mol. The van der Waals surface area contributed by atoms with Crippen LogP contribution < -0.4 is 4.90 Å². The van der Waals surface area contributed by atoms with Crippen LogP contribution in [-0.2, 0) is 16.0 Å². The lowest BCUT2D eigenvalue weighted by molar-refractivity contribution is -0.137. The standard InChI is InChI=1S/C25H37N3O2/c1-3-21-8-4-5-9-23(21)28-18-22(15-24(28)29)25(30)27-12-6-7-20(17-27)16-26-13-10-19(2)11-14-26/h4-5,8-9,19-20,22H,3,6-7,10-18H2,1-2H3. The average molecular weight is 412 g/mol. The molecule has 3 aliphatic heterocycles. The quantitative estimate of drug-likeness (QED) is 0.744. The first-order valence-corrected chi connectivity index (χ1v) is 11.9. The molecule has 0 saturated carbocycles. The number of piperidine rings is 2. The van der Waals surface area contributed by atoms with Gasteiger partial charge in [-0.3, -0.25) is 9.59 Å². The van der Waals surface area contributed by atoms with Crippen LogP contribution in [0.1, 0.15) is 51.5 Å². The van der Waals surface area contributed by atoms with Crippen LogP contribution in [0.5, 0.6) is 0 Å². The van der Waals surface area contributed by atoms with Crippen molar-refractivity contribution in [1.29, 1.82) is 0 Å². The Bertz CT molecular complexity index is 757. The lowest BCUT2D eigenvalue weighted by Gasteiger charge is -2.38. The van der Waals surface area contributed by atoms with Crippen LogP contribution in [0.3, 0.4) is 0 Å². The molecule has 3 heterocycles. The number of carbonyl (C=O) groups is 2. The number of amides is 2. The highest BCUT2D eigenvalue weighted by molar-refractivity contribution is 6.00. The monoisotopic (exact) mass is 411 g/mol. The first-order chi connectivity index (χ1) is 14.5. The molecule has 0 aromatic heterocycles. The average Bonchev–Trinajstić information content (AvgIpc) is 3.16. The molecule has 3 fully saturated rings. The molecule has 1 aromatic carbocycles. The minimum atomic E-state index is -0.197. The fraction of sp³-hybridized carbons (Fsp3) is 0.680. The third-order valence-corrected chi connectivity index (χ3v) is 7.36. The number of hydrogen-bond acceptors (Lipinski definition) is 3. The highest BCUT2D eigenvalue weighted by Crippen LogP contribution is 2.30. The summed E-state index contributed by atoms with van der Waals surface area (Å²) in [5.41, 5.74) is 2.16. The molecule has 0 spiro atoms. The highest BCUT2D eigenvalue weighted by Gasteiger charge is 2.39. The summed E-state index contributed by atoms with van der Waals surface area (Å²) in [6, 6.07) is 8.09. The van der Waals surface area contributed by atoms with Crippen molar-refractivity contribution in [2.45, 2.75) is 52.4 Å². The topological polar surface area (TPSA) is 43.9 Å². The van der Waals surface area contributed by atoms with Crippen LogP contribution in [0.15, 0.2) is 24.3 Å². The van der Waals surface area contributed by atoms with Gasteiger partial charge in [0.05, 0.1) is 5.92 Å². The van der Waals surface area contributed by atoms with Gasteiger partial charge >= 0.3 is 0 Å². The number of likely N-dealkylation sites (tertiary alicyclic amines) is 2. The maximum atomic E-state index is 13.3. The second-order valence-corrected chi connectivity index (χ2v) is 9.66. The van der Waals surface area contributed by atoms with E-state index < -0.39 is 0 Å². The molecule has 0 radical (unpaired) electrons.